The van der Waals surface area contributed by atoms with Crippen LogP contribution in [0, 0.1) is 0 Å². The van der Waals surface area contributed by atoms with Crippen LogP contribution in [0.4, 0.5) is 0 Å². The second-order valence-corrected chi connectivity index (χ2v) is 5.01. The Hall–Kier alpha value is -0.470. The molecule has 76 valence electrons. The van der Waals surface area contributed by atoms with E-state index in [0.29, 0.717) is 5.25 Å². The summed E-state index contributed by atoms with van der Waals surface area (Å²) in [5.41, 5.74) is 4.49. The van der Waals surface area contributed by atoms with Crippen molar-refractivity contribution in [2.75, 3.05) is 12.8 Å². The van der Waals surface area contributed by atoms with Crippen LogP contribution in [0.5, 0.6) is 0 Å². The van der Waals surface area contributed by atoms with Gasteiger partial charge in [-0.25, -0.2) is 0 Å². The van der Waals surface area contributed by atoms with Crippen molar-refractivity contribution in [3.05, 3.63) is 34.9 Å². The van der Waals surface area contributed by atoms with Crippen molar-refractivity contribution in [1.82, 2.24) is 5.32 Å². The third kappa shape index (κ3) is 1.96. The van der Waals surface area contributed by atoms with E-state index in [-0.39, 0.29) is 0 Å². The van der Waals surface area contributed by atoms with Crippen LogP contribution < -0.4 is 5.32 Å². The molecule has 1 N–H and O–H groups in total. The average molecular weight is 207 g/mol. The van der Waals surface area contributed by atoms with Gasteiger partial charge in [0.05, 0.1) is 0 Å². The second-order valence-electron chi connectivity index (χ2n) is 3.83. The van der Waals surface area contributed by atoms with Crippen LogP contribution >= 0.6 is 11.8 Å². The first kappa shape index (κ1) is 10.1. The van der Waals surface area contributed by atoms with E-state index < -0.39 is 0 Å². The minimum absolute atomic E-state index is 0.621. The fraction of sp³-hybridized carbons (Fsp3) is 0.500. The van der Waals surface area contributed by atoms with E-state index in [2.05, 4.69) is 36.7 Å². The quantitative estimate of drug-likeness (QED) is 0.800. The molecule has 0 aliphatic carbocycles. The summed E-state index contributed by atoms with van der Waals surface area (Å²) in [6.07, 6.45) is 3.36. The minimum atomic E-state index is 0.621. The van der Waals surface area contributed by atoms with Crippen LogP contribution in [0.1, 0.15) is 28.9 Å². The summed E-state index contributed by atoms with van der Waals surface area (Å²) in [6.45, 7) is 4.45. The van der Waals surface area contributed by atoms with E-state index in [9.17, 15) is 0 Å². The Kier molecular flexibility index (Phi) is 3.14. The van der Waals surface area contributed by atoms with Crippen LogP contribution in [-0.2, 0) is 13.0 Å². The third-order valence-corrected chi connectivity index (χ3v) is 3.92. The Labute approximate surface area is 90.3 Å². The van der Waals surface area contributed by atoms with Crippen molar-refractivity contribution in [2.45, 2.75) is 25.1 Å². The zero-order valence-corrected chi connectivity index (χ0v) is 9.66. The molecule has 1 aromatic rings. The highest BCUT2D eigenvalue weighted by molar-refractivity contribution is 7.98. The highest BCUT2D eigenvalue weighted by atomic mass is 32.2. The molecule has 0 aromatic heterocycles. The van der Waals surface area contributed by atoms with Gasteiger partial charge in [-0.15, -0.1) is 0 Å². The normalized spacial score (nSPS) is 17.6. The molecule has 14 heavy (non-hydrogen) atoms. The van der Waals surface area contributed by atoms with Crippen molar-refractivity contribution in [3.8, 4) is 0 Å². The van der Waals surface area contributed by atoms with E-state index in [4.69, 9.17) is 0 Å². The van der Waals surface area contributed by atoms with Gasteiger partial charge in [-0.2, -0.15) is 11.8 Å². The fourth-order valence-corrected chi connectivity index (χ4v) is 2.30. The van der Waals surface area contributed by atoms with Crippen LogP contribution in [0.3, 0.4) is 0 Å². The van der Waals surface area contributed by atoms with Crippen LogP contribution in [0.15, 0.2) is 18.2 Å². The summed E-state index contributed by atoms with van der Waals surface area (Å²) in [4.78, 5) is 0. The van der Waals surface area contributed by atoms with Gasteiger partial charge in [0.25, 0.3) is 0 Å². The molecule has 1 nitrogen and oxygen atoms in total. The highest BCUT2D eigenvalue weighted by Gasteiger charge is 2.10. The van der Waals surface area contributed by atoms with Crippen LogP contribution in [0.25, 0.3) is 0 Å². The molecule has 1 aliphatic heterocycles. The number of fused-ring (bicyclic) bond motifs is 1. The Morgan fingerprint density at radius 3 is 3.00 bits per heavy atom. The van der Waals surface area contributed by atoms with Gasteiger partial charge in [0, 0.05) is 11.8 Å². The number of benzene rings is 1. The van der Waals surface area contributed by atoms with Crippen molar-refractivity contribution >= 4 is 11.8 Å². The minimum Gasteiger partial charge on any atom is -0.312 e. The van der Waals surface area contributed by atoms with Gasteiger partial charge in [0.15, 0.2) is 0 Å². The monoisotopic (exact) mass is 207 g/mol. The lowest BCUT2D eigenvalue weighted by Gasteiger charge is -2.19. The number of nitrogens with one attached hydrogen (secondary N) is 1. The maximum absolute atomic E-state index is 3.40. The molecule has 2 heteroatoms. The lowest BCUT2D eigenvalue weighted by atomic mass is 9.97. The SMILES string of the molecule is CSC(C)c1ccc2c(c1)CCNC2. The molecule has 0 saturated carbocycles. The van der Waals surface area contributed by atoms with Gasteiger partial charge in [0.1, 0.15) is 0 Å². The number of rotatable bonds is 2. The highest BCUT2D eigenvalue weighted by Crippen LogP contribution is 2.28. The Bertz CT molecular complexity index is 322. The maximum atomic E-state index is 3.40. The fourth-order valence-electron chi connectivity index (χ4n) is 1.89. The van der Waals surface area contributed by atoms with Crippen LogP contribution in [-0.4, -0.2) is 12.8 Å². The molecular formula is C12H17NS. The third-order valence-electron chi connectivity index (χ3n) is 2.94. The summed E-state index contributed by atoms with van der Waals surface area (Å²) >= 11 is 1.91. The summed E-state index contributed by atoms with van der Waals surface area (Å²) < 4.78 is 0. The molecule has 0 radical (unpaired) electrons. The molecular weight excluding hydrogens is 190 g/mol. The van der Waals surface area contributed by atoms with Crippen molar-refractivity contribution in [3.63, 3.8) is 0 Å². The molecule has 1 aliphatic rings. The second kappa shape index (κ2) is 4.37. The molecule has 0 amide bonds. The van der Waals surface area contributed by atoms with Gasteiger partial charge < -0.3 is 5.32 Å². The van der Waals surface area contributed by atoms with Gasteiger partial charge in [-0.05, 0) is 42.8 Å². The van der Waals surface area contributed by atoms with E-state index in [0.717, 1.165) is 13.1 Å². The predicted molar refractivity (Wildman–Crippen MR) is 63.8 cm³/mol. The lowest BCUT2D eigenvalue weighted by molar-refractivity contribution is 0.643. The zero-order valence-electron chi connectivity index (χ0n) is 8.84. The smallest absolute Gasteiger partial charge is 0.0266 e. The standard InChI is InChI=1S/C12H17NS/c1-9(14-2)10-3-4-12-8-13-6-5-11(12)7-10/h3-4,7,9,13H,5-6,8H2,1-2H3. The van der Waals surface area contributed by atoms with Crippen LogP contribution in [0.2, 0.25) is 0 Å². The summed E-state index contributed by atoms with van der Waals surface area (Å²) in [5.74, 6) is 0. The van der Waals surface area contributed by atoms with E-state index >= 15 is 0 Å². The van der Waals surface area contributed by atoms with Gasteiger partial charge in [-0.1, -0.05) is 18.2 Å². The first-order valence-corrected chi connectivity index (χ1v) is 6.45. The number of hydrogen-bond acceptors (Lipinski definition) is 2. The zero-order chi connectivity index (χ0) is 9.97. The molecule has 2 rings (SSSR count). The number of thioether (sulfide) groups is 1. The molecule has 0 bridgehead atoms. The van der Waals surface area contributed by atoms with Crippen molar-refractivity contribution in [1.29, 1.82) is 0 Å². The van der Waals surface area contributed by atoms with Gasteiger partial charge in [0.2, 0.25) is 0 Å². The topological polar surface area (TPSA) is 12.0 Å². The summed E-state index contributed by atoms with van der Waals surface area (Å²) in [6, 6.07) is 6.94. The van der Waals surface area contributed by atoms with Crippen molar-refractivity contribution in [2.24, 2.45) is 0 Å². The molecule has 1 heterocycles. The molecule has 0 spiro atoms. The van der Waals surface area contributed by atoms with E-state index in [1.54, 1.807) is 5.56 Å². The van der Waals surface area contributed by atoms with Gasteiger partial charge >= 0.3 is 0 Å². The van der Waals surface area contributed by atoms with E-state index in [1.807, 2.05) is 11.8 Å². The molecule has 0 fully saturated rings. The predicted octanol–water partition coefficient (Wildman–Crippen LogP) is 2.76. The first-order chi connectivity index (χ1) is 6.81. The van der Waals surface area contributed by atoms with E-state index in [1.165, 1.54) is 17.5 Å². The first-order valence-electron chi connectivity index (χ1n) is 5.16. The molecule has 0 saturated heterocycles. The Balaban J connectivity index is 2.29. The van der Waals surface area contributed by atoms with Crippen molar-refractivity contribution < 1.29 is 0 Å². The largest absolute Gasteiger partial charge is 0.312 e. The lowest BCUT2D eigenvalue weighted by Crippen LogP contribution is -2.23. The Morgan fingerprint density at radius 1 is 1.36 bits per heavy atom. The average Bonchev–Trinajstić information content (AvgIpc) is 2.27. The van der Waals surface area contributed by atoms with Gasteiger partial charge in [-0.3, -0.25) is 0 Å². The summed E-state index contributed by atoms with van der Waals surface area (Å²) in [5, 5.41) is 4.02. The molecule has 1 unspecified atom stereocenters. The Morgan fingerprint density at radius 2 is 2.21 bits per heavy atom. The summed E-state index contributed by atoms with van der Waals surface area (Å²) in [7, 11) is 0. The molecule has 1 aromatic carbocycles. The maximum Gasteiger partial charge on any atom is 0.0266 e. The number of hydrogen-bond donors (Lipinski definition) is 1. The molecule has 1 atom stereocenters.